The number of nitrogens with zero attached hydrogens (tertiary/aromatic N) is 4. The third kappa shape index (κ3) is 4.85. The first-order chi connectivity index (χ1) is 13.1. The SMILES string of the molecule is COc1cc(OC)nc(NCc2ccc(C(=O)N3CCN(C)CC3)cc2)n1. The van der Waals surface area contributed by atoms with Gasteiger partial charge in [-0.25, -0.2) is 0 Å². The zero-order chi connectivity index (χ0) is 19.2. The molecule has 1 aliphatic heterocycles. The van der Waals surface area contributed by atoms with E-state index < -0.39 is 0 Å². The van der Waals surface area contributed by atoms with Crippen molar-refractivity contribution in [2.45, 2.75) is 6.54 Å². The van der Waals surface area contributed by atoms with Crippen LogP contribution in [0.2, 0.25) is 0 Å². The fourth-order valence-electron chi connectivity index (χ4n) is 2.83. The Bertz CT molecular complexity index is 751. The van der Waals surface area contributed by atoms with Gasteiger partial charge in [0.1, 0.15) is 0 Å². The largest absolute Gasteiger partial charge is 0.481 e. The molecule has 3 rings (SSSR count). The van der Waals surface area contributed by atoms with E-state index in [4.69, 9.17) is 9.47 Å². The van der Waals surface area contributed by atoms with E-state index in [2.05, 4.69) is 27.2 Å². The second-order valence-electron chi connectivity index (χ2n) is 6.42. The van der Waals surface area contributed by atoms with E-state index in [1.165, 1.54) is 0 Å². The van der Waals surface area contributed by atoms with E-state index in [0.717, 1.165) is 31.7 Å². The van der Waals surface area contributed by atoms with E-state index in [1.807, 2.05) is 29.2 Å². The number of hydrogen-bond acceptors (Lipinski definition) is 7. The molecule has 0 saturated carbocycles. The van der Waals surface area contributed by atoms with Crippen LogP contribution in [0, 0.1) is 0 Å². The van der Waals surface area contributed by atoms with Crippen LogP contribution in [0.4, 0.5) is 5.95 Å². The number of methoxy groups -OCH3 is 2. The lowest BCUT2D eigenvalue weighted by atomic mass is 10.1. The van der Waals surface area contributed by atoms with Gasteiger partial charge in [-0.2, -0.15) is 9.97 Å². The van der Waals surface area contributed by atoms with Crippen LogP contribution in [0.15, 0.2) is 30.3 Å². The number of nitrogens with one attached hydrogen (secondary N) is 1. The Labute approximate surface area is 159 Å². The van der Waals surface area contributed by atoms with Crippen LogP contribution in [-0.4, -0.2) is 73.1 Å². The van der Waals surface area contributed by atoms with Gasteiger partial charge in [-0.15, -0.1) is 0 Å². The van der Waals surface area contributed by atoms with Crippen molar-refractivity contribution in [1.29, 1.82) is 0 Å². The smallest absolute Gasteiger partial charge is 0.253 e. The van der Waals surface area contributed by atoms with Crippen molar-refractivity contribution in [3.05, 3.63) is 41.5 Å². The van der Waals surface area contributed by atoms with Crippen molar-refractivity contribution in [3.63, 3.8) is 0 Å². The summed E-state index contributed by atoms with van der Waals surface area (Å²) in [4.78, 5) is 25.2. The molecule has 0 atom stereocenters. The van der Waals surface area contributed by atoms with E-state index in [9.17, 15) is 4.79 Å². The average Bonchev–Trinajstić information content (AvgIpc) is 2.72. The molecule has 144 valence electrons. The van der Waals surface area contributed by atoms with Gasteiger partial charge in [0.25, 0.3) is 5.91 Å². The van der Waals surface area contributed by atoms with Crippen LogP contribution >= 0.6 is 0 Å². The normalized spacial score (nSPS) is 14.7. The number of hydrogen-bond donors (Lipinski definition) is 1. The van der Waals surface area contributed by atoms with Crippen molar-refractivity contribution in [1.82, 2.24) is 19.8 Å². The summed E-state index contributed by atoms with van der Waals surface area (Å²) in [6.07, 6.45) is 0. The third-order valence-corrected chi connectivity index (χ3v) is 4.54. The van der Waals surface area contributed by atoms with Crippen molar-refractivity contribution in [2.75, 3.05) is 52.8 Å². The molecule has 1 aromatic heterocycles. The van der Waals surface area contributed by atoms with Crippen molar-refractivity contribution in [2.24, 2.45) is 0 Å². The number of piperazine rings is 1. The number of likely N-dealkylation sites (N-methyl/N-ethyl adjacent to an activating group) is 1. The van der Waals surface area contributed by atoms with Crippen molar-refractivity contribution in [3.8, 4) is 11.8 Å². The highest BCUT2D eigenvalue weighted by Gasteiger charge is 2.20. The first kappa shape index (κ1) is 18.9. The lowest BCUT2D eigenvalue weighted by Crippen LogP contribution is -2.47. The fraction of sp³-hybridized carbons (Fsp3) is 0.421. The molecule has 2 aromatic rings. The summed E-state index contributed by atoms with van der Waals surface area (Å²) < 4.78 is 10.3. The Kier molecular flexibility index (Phi) is 6.08. The van der Waals surface area contributed by atoms with Gasteiger partial charge in [-0.05, 0) is 24.7 Å². The minimum Gasteiger partial charge on any atom is -0.481 e. The first-order valence-corrected chi connectivity index (χ1v) is 8.86. The Balaban J connectivity index is 1.60. The van der Waals surface area contributed by atoms with Crippen LogP contribution in [0.3, 0.4) is 0 Å². The van der Waals surface area contributed by atoms with Gasteiger partial charge < -0.3 is 24.6 Å². The average molecular weight is 371 g/mol. The van der Waals surface area contributed by atoms with E-state index in [0.29, 0.717) is 29.8 Å². The highest BCUT2D eigenvalue weighted by Crippen LogP contribution is 2.18. The maximum absolute atomic E-state index is 12.6. The molecule has 1 saturated heterocycles. The number of amides is 1. The van der Waals surface area contributed by atoms with E-state index in [-0.39, 0.29) is 5.91 Å². The van der Waals surface area contributed by atoms with Gasteiger partial charge in [-0.3, -0.25) is 4.79 Å². The highest BCUT2D eigenvalue weighted by atomic mass is 16.5. The Hall–Kier alpha value is -2.87. The second kappa shape index (κ2) is 8.68. The summed E-state index contributed by atoms with van der Waals surface area (Å²) >= 11 is 0. The zero-order valence-electron chi connectivity index (χ0n) is 15.9. The number of carbonyl (C=O) groups excluding carboxylic acids is 1. The van der Waals surface area contributed by atoms with Gasteiger partial charge in [-0.1, -0.05) is 12.1 Å². The van der Waals surface area contributed by atoms with Gasteiger partial charge in [0.2, 0.25) is 17.7 Å². The summed E-state index contributed by atoms with van der Waals surface area (Å²) in [5.74, 6) is 1.36. The number of rotatable bonds is 6. The Morgan fingerprint density at radius 1 is 1.04 bits per heavy atom. The predicted molar refractivity (Wildman–Crippen MR) is 102 cm³/mol. The summed E-state index contributed by atoms with van der Waals surface area (Å²) in [7, 11) is 5.16. The molecule has 0 unspecified atom stereocenters. The lowest BCUT2D eigenvalue weighted by Gasteiger charge is -2.32. The molecule has 2 heterocycles. The predicted octanol–water partition coefficient (Wildman–Crippen LogP) is 1.49. The molecule has 0 bridgehead atoms. The molecular formula is C19H25N5O3. The second-order valence-corrected chi connectivity index (χ2v) is 6.42. The Morgan fingerprint density at radius 2 is 1.63 bits per heavy atom. The number of ether oxygens (including phenoxy) is 2. The monoisotopic (exact) mass is 371 g/mol. The van der Waals surface area contributed by atoms with Crippen LogP contribution in [0.5, 0.6) is 11.8 Å². The van der Waals surface area contributed by atoms with Gasteiger partial charge in [0, 0.05) is 38.3 Å². The molecule has 8 heteroatoms. The topological polar surface area (TPSA) is 79.8 Å². The fourth-order valence-corrected chi connectivity index (χ4v) is 2.83. The molecule has 1 aliphatic rings. The highest BCUT2D eigenvalue weighted by molar-refractivity contribution is 5.94. The van der Waals surface area contributed by atoms with Gasteiger partial charge >= 0.3 is 0 Å². The molecule has 1 amide bonds. The molecule has 27 heavy (non-hydrogen) atoms. The molecule has 0 radical (unpaired) electrons. The summed E-state index contributed by atoms with van der Waals surface area (Å²) in [6, 6.07) is 9.22. The molecule has 0 aliphatic carbocycles. The lowest BCUT2D eigenvalue weighted by molar-refractivity contribution is 0.0664. The molecule has 0 spiro atoms. The minimum absolute atomic E-state index is 0.0866. The van der Waals surface area contributed by atoms with Crippen LogP contribution in [0.1, 0.15) is 15.9 Å². The molecular weight excluding hydrogens is 346 g/mol. The molecule has 1 N–H and O–H groups in total. The Morgan fingerprint density at radius 3 is 2.19 bits per heavy atom. The van der Waals surface area contributed by atoms with Crippen LogP contribution in [-0.2, 0) is 6.54 Å². The van der Waals surface area contributed by atoms with Crippen molar-refractivity contribution < 1.29 is 14.3 Å². The first-order valence-electron chi connectivity index (χ1n) is 8.86. The molecule has 1 aromatic carbocycles. The zero-order valence-corrected chi connectivity index (χ0v) is 15.9. The van der Waals surface area contributed by atoms with Gasteiger partial charge in [0.05, 0.1) is 20.3 Å². The van der Waals surface area contributed by atoms with Crippen molar-refractivity contribution >= 4 is 11.9 Å². The number of anilines is 1. The molecule has 8 nitrogen and oxygen atoms in total. The third-order valence-electron chi connectivity index (χ3n) is 4.54. The number of carbonyl (C=O) groups is 1. The maximum atomic E-state index is 12.6. The van der Waals surface area contributed by atoms with E-state index >= 15 is 0 Å². The number of aromatic nitrogens is 2. The van der Waals surface area contributed by atoms with E-state index in [1.54, 1.807) is 20.3 Å². The summed E-state index contributed by atoms with van der Waals surface area (Å²) in [6.45, 7) is 3.90. The van der Waals surface area contributed by atoms with Gasteiger partial charge in [0.15, 0.2) is 0 Å². The standard InChI is InChI=1S/C19H25N5O3/c1-23-8-10-24(11-9-23)18(25)15-6-4-14(5-7-15)13-20-19-21-16(26-2)12-17(22-19)27-3/h4-7,12H,8-11,13H2,1-3H3,(H,20,21,22). The summed E-state index contributed by atoms with van der Waals surface area (Å²) in [5.41, 5.74) is 1.73. The summed E-state index contributed by atoms with van der Waals surface area (Å²) in [5, 5.41) is 3.14. The maximum Gasteiger partial charge on any atom is 0.253 e. The van der Waals surface area contributed by atoms with Crippen LogP contribution in [0.25, 0.3) is 0 Å². The number of benzene rings is 1. The quantitative estimate of drug-likeness (QED) is 0.824. The van der Waals surface area contributed by atoms with Crippen LogP contribution < -0.4 is 14.8 Å². The minimum atomic E-state index is 0.0866. The molecule has 1 fully saturated rings.